The summed E-state index contributed by atoms with van der Waals surface area (Å²) in [5, 5.41) is 0. The van der Waals surface area contributed by atoms with Gasteiger partial charge in [-0.15, -0.1) is 0 Å². The highest BCUT2D eigenvalue weighted by molar-refractivity contribution is 6.89. The lowest BCUT2D eigenvalue weighted by Gasteiger charge is -2.20. The molecular weight excluding hydrogens is 231 g/mol. The molecule has 0 fully saturated rings. The Morgan fingerprint density at radius 1 is 0.947 bits per heavy atom. The zero-order chi connectivity index (χ0) is 13.4. The fourth-order valence-corrected chi connectivity index (χ4v) is 3.06. The zero-order valence-electron chi connectivity index (χ0n) is 11.8. The zero-order valence-corrected chi connectivity index (χ0v) is 11.8. The van der Waals surface area contributed by atoms with Crippen LogP contribution in [0.5, 0.6) is 0 Å². The van der Waals surface area contributed by atoms with Gasteiger partial charge in [0, 0.05) is 39.0 Å². The largest absolute Gasteiger partial charge is 0.382 e. The lowest BCUT2D eigenvalue weighted by Crippen LogP contribution is -2.45. The number of rotatable bonds is 2. The van der Waals surface area contributed by atoms with Crippen LogP contribution in [0.3, 0.4) is 0 Å². The van der Waals surface area contributed by atoms with Crippen molar-refractivity contribution < 1.29 is 0 Å². The van der Waals surface area contributed by atoms with Crippen molar-refractivity contribution in [3.8, 4) is 0 Å². The molecular formula is C16H19BN2. The molecule has 3 heteroatoms. The highest BCUT2D eigenvalue weighted by Gasteiger charge is 2.32. The van der Waals surface area contributed by atoms with Gasteiger partial charge in [-0.05, 0) is 23.1 Å². The molecule has 0 unspecified atom stereocenters. The normalized spacial score (nSPS) is 13.6. The van der Waals surface area contributed by atoms with E-state index in [2.05, 4.69) is 79.5 Å². The second-order valence-electron chi connectivity index (χ2n) is 5.45. The van der Waals surface area contributed by atoms with E-state index in [1.165, 1.54) is 22.3 Å². The summed E-state index contributed by atoms with van der Waals surface area (Å²) in [6, 6.07) is 17.5. The van der Waals surface area contributed by atoms with Crippen LogP contribution in [-0.2, 0) is 0 Å². The molecule has 96 valence electrons. The molecule has 3 rings (SSSR count). The SMILES string of the molecule is CN(C)c1ccccc1B1CN(C)c2ccccc21. The number of nitrogens with zero attached hydrogens (tertiary/aromatic N) is 2. The molecule has 1 aliphatic rings. The van der Waals surface area contributed by atoms with E-state index in [9.17, 15) is 0 Å². The molecule has 0 spiro atoms. The van der Waals surface area contributed by atoms with Crippen LogP contribution in [0.15, 0.2) is 48.5 Å². The third kappa shape index (κ3) is 1.99. The molecule has 1 heterocycles. The molecule has 2 aromatic rings. The summed E-state index contributed by atoms with van der Waals surface area (Å²) in [6.45, 7) is 0.472. The number of anilines is 2. The van der Waals surface area contributed by atoms with Crippen molar-refractivity contribution in [3.05, 3.63) is 48.5 Å². The Hall–Kier alpha value is -1.90. The molecule has 0 radical (unpaired) electrons. The Bertz CT molecular complexity index is 595. The third-order valence-electron chi connectivity index (χ3n) is 3.97. The molecule has 0 aromatic heterocycles. The van der Waals surface area contributed by atoms with E-state index < -0.39 is 0 Å². The van der Waals surface area contributed by atoms with Gasteiger partial charge in [-0.1, -0.05) is 36.4 Å². The van der Waals surface area contributed by atoms with Crippen molar-refractivity contribution in [2.75, 3.05) is 37.4 Å². The first-order valence-corrected chi connectivity index (χ1v) is 6.75. The maximum absolute atomic E-state index is 2.35. The summed E-state index contributed by atoms with van der Waals surface area (Å²) in [7, 11) is 6.41. The average molecular weight is 250 g/mol. The van der Waals surface area contributed by atoms with Gasteiger partial charge in [0.05, 0.1) is 0 Å². The first-order valence-electron chi connectivity index (χ1n) is 6.75. The van der Waals surface area contributed by atoms with Gasteiger partial charge in [0.2, 0.25) is 6.71 Å². The number of benzene rings is 2. The minimum Gasteiger partial charge on any atom is -0.382 e. The first kappa shape index (κ1) is 12.2. The average Bonchev–Trinajstić information content (AvgIpc) is 2.77. The Balaban J connectivity index is 2.10. The predicted molar refractivity (Wildman–Crippen MR) is 85.5 cm³/mol. The van der Waals surface area contributed by atoms with E-state index in [0.29, 0.717) is 6.71 Å². The van der Waals surface area contributed by atoms with Crippen molar-refractivity contribution in [1.29, 1.82) is 0 Å². The summed E-state index contributed by atoms with van der Waals surface area (Å²) in [6.07, 6.45) is 1.06. The minimum atomic E-state index is 0.472. The molecule has 0 N–H and O–H groups in total. The fourth-order valence-electron chi connectivity index (χ4n) is 3.06. The van der Waals surface area contributed by atoms with Crippen LogP contribution < -0.4 is 20.7 Å². The van der Waals surface area contributed by atoms with Crippen LogP contribution in [0.4, 0.5) is 11.4 Å². The summed E-state index contributed by atoms with van der Waals surface area (Å²) in [4.78, 5) is 4.56. The second-order valence-corrected chi connectivity index (χ2v) is 5.45. The summed E-state index contributed by atoms with van der Waals surface area (Å²) >= 11 is 0. The van der Waals surface area contributed by atoms with Crippen molar-refractivity contribution in [2.24, 2.45) is 0 Å². The van der Waals surface area contributed by atoms with Gasteiger partial charge < -0.3 is 9.80 Å². The number of hydrogen-bond acceptors (Lipinski definition) is 2. The highest BCUT2D eigenvalue weighted by Crippen LogP contribution is 2.19. The summed E-state index contributed by atoms with van der Waals surface area (Å²) in [5.74, 6) is 0. The highest BCUT2D eigenvalue weighted by atomic mass is 15.1. The maximum atomic E-state index is 2.35. The molecule has 2 aromatic carbocycles. The molecule has 0 amide bonds. The van der Waals surface area contributed by atoms with Crippen LogP contribution in [-0.4, -0.2) is 34.3 Å². The lowest BCUT2D eigenvalue weighted by atomic mass is 9.41. The second kappa shape index (κ2) is 4.65. The van der Waals surface area contributed by atoms with Crippen molar-refractivity contribution >= 4 is 29.0 Å². The van der Waals surface area contributed by atoms with E-state index in [-0.39, 0.29) is 0 Å². The first-order chi connectivity index (χ1) is 9.18. The molecule has 0 saturated heterocycles. The third-order valence-corrected chi connectivity index (χ3v) is 3.97. The molecule has 0 atom stereocenters. The molecule has 2 nitrogen and oxygen atoms in total. The quantitative estimate of drug-likeness (QED) is 0.742. The van der Waals surface area contributed by atoms with Crippen LogP contribution in [0, 0.1) is 0 Å². The van der Waals surface area contributed by atoms with Gasteiger partial charge >= 0.3 is 0 Å². The predicted octanol–water partition coefficient (Wildman–Crippen LogP) is 1.35. The van der Waals surface area contributed by atoms with E-state index in [4.69, 9.17) is 0 Å². The number of fused-ring (bicyclic) bond motifs is 1. The molecule has 19 heavy (non-hydrogen) atoms. The van der Waals surface area contributed by atoms with Crippen LogP contribution in [0.2, 0.25) is 0 Å². The molecule has 1 aliphatic heterocycles. The standard InChI is InChI=1S/C16H19BN2/c1-18(2)15-10-6-4-8-13(15)17-12-19(3)16-11-7-5-9-14(16)17/h4-11H,12H2,1-3H3. The van der Waals surface area contributed by atoms with Crippen molar-refractivity contribution in [2.45, 2.75) is 0 Å². The smallest absolute Gasteiger partial charge is 0.234 e. The minimum absolute atomic E-state index is 0.472. The Morgan fingerprint density at radius 3 is 2.32 bits per heavy atom. The Morgan fingerprint density at radius 2 is 1.58 bits per heavy atom. The molecule has 0 saturated carbocycles. The van der Waals surface area contributed by atoms with Gasteiger partial charge in [-0.2, -0.15) is 0 Å². The Labute approximate surface area is 115 Å². The van der Waals surface area contributed by atoms with E-state index >= 15 is 0 Å². The summed E-state index contributed by atoms with van der Waals surface area (Å²) in [5.41, 5.74) is 5.54. The van der Waals surface area contributed by atoms with Crippen LogP contribution >= 0.6 is 0 Å². The van der Waals surface area contributed by atoms with E-state index in [1.54, 1.807) is 0 Å². The van der Waals surface area contributed by atoms with Gasteiger partial charge in [0.1, 0.15) is 0 Å². The van der Waals surface area contributed by atoms with Crippen LogP contribution in [0.25, 0.3) is 0 Å². The molecule has 0 bridgehead atoms. The van der Waals surface area contributed by atoms with Crippen molar-refractivity contribution in [3.63, 3.8) is 0 Å². The van der Waals surface area contributed by atoms with Gasteiger partial charge in [0.25, 0.3) is 0 Å². The maximum Gasteiger partial charge on any atom is 0.234 e. The molecule has 0 aliphatic carbocycles. The topological polar surface area (TPSA) is 6.48 Å². The fraction of sp³-hybridized carbons (Fsp3) is 0.250. The summed E-state index contributed by atoms with van der Waals surface area (Å²) < 4.78 is 0. The van der Waals surface area contributed by atoms with Gasteiger partial charge in [0.15, 0.2) is 0 Å². The monoisotopic (exact) mass is 250 g/mol. The van der Waals surface area contributed by atoms with Gasteiger partial charge in [-0.3, -0.25) is 0 Å². The van der Waals surface area contributed by atoms with E-state index in [1.807, 2.05) is 0 Å². The number of hydrogen-bond donors (Lipinski definition) is 0. The van der Waals surface area contributed by atoms with Gasteiger partial charge in [-0.25, -0.2) is 0 Å². The number of para-hydroxylation sites is 2. The lowest BCUT2D eigenvalue weighted by molar-refractivity contribution is 1.10. The van der Waals surface area contributed by atoms with Crippen LogP contribution in [0.1, 0.15) is 0 Å². The van der Waals surface area contributed by atoms with Crippen molar-refractivity contribution in [1.82, 2.24) is 0 Å². The Kier molecular flexibility index (Phi) is 2.98. The van der Waals surface area contributed by atoms with E-state index in [0.717, 1.165) is 6.44 Å².